The van der Waals surface area contributed by atoms with E-state index in [2.05, 4.69) is 41.3 Å². The Bertz CT molecular complexity index is 933. The lowest BCUT2D eigenvalue weighted by Gasteiger charge is -2.38. The highest BCUT2D eigenvalue weighted by atomic mass is 35.5. The summed E-state index contributed by atoms with van der Waals surface area (Å²) in [5.41, 5.74) is 3.39. The molecule has 2 atom stereocenters. The number of anilines is 1. The van der Waals surface area contributed by atoms with Crippen molar-refractivity contribution >= 4 is 23.5 Å². The van der Waals surface area contributed by atoms with Gasteiger partial charge in [0.2, 0.25) is 11.9 Å². The van der Waals surface area contributed by atoms with Crippen LogP contribution in [0.2, 0.25) is 5.02 Å². The average molecular weight is 367 g/mol. The number of rotatable bonds is 2. The topological polar surface area (TPSA) is 51.0 Å². The molecule has 1 aromatic heterocycles. The molecule has 6 heteroatoms. The van der Waals surface area contributed by atoms with E-state index in [1.165, 1.54) is 11.9 Å². The summed E-state index contributed by atoms with van der Waals surface area (Å²) in [7, 11) is 0. The van der Waals surface area contributed by atoms with Crippen LogP contribution in [0.4, 0.5) is 5.95 Å². The minimum absolute atomic E-state index is 0.00771. The summed E-state index contributed by atoms with van der Waals surface area (Å²) in [6, 6.07) is 16.0. The van der Waals surface area contributed by atoms with Gasteiger partial charge in [-0.15, -0.1) is 0 Å². The van der Waals surface area contributed by atoms with E-state index >= 15 is 0 Å². The lowest BCUT2D eigenvalue weighted by atomic mass is 9.91. The second-order valence-corrected chi connectivity index (χ2v) is 7.06. The smallest absolute Gasteiger partial charge is 0.231 e. The number of hydrogen-bond donors (Lipinski definition) is 0. The zero-order valence-corrected chi connectivity index (χ0v) is 15.4. The molecule has 5 nitrogen and oxygen atoms in total. The summed E-state index contributed by atoms with van der Waals surface area (Å²) in [6.45, 7) is 3.63. The number of aromatic nitrogens is 3. The molecule has 0 saturated carbocycles. The van der Waals surface area contributed by atoms with Gasteiger partial charge >= 0.3 is 0 Å². The highest BCUT2D eigenvalue weighted by molar-refractivity contribution is 6.30. The molecule has 1 aliphatic rings. The number of halogens is 1. The van der Waals surface area contributed by atoms with E-state index in [4.69, 9.17) is 11.6 Å². The molecule has 0 fully saturated rings. The maximum absolute atomic E-state index is 12.4. The SMILES string of the molecule is CC(=O)N1c2ncnn2[C@@H](c2ccc(Cl)cc2)C[C@@H]1c1ccc(C)cc1. The molecule has 2 aromatic carbocycles. The van der Waals surface area contributed by atoms with Gasteiger partial charge in [0.05, 0.1) is 12.1 Å². The van der Waals surface area contributed by atoms with Crippen LogP contribution >= 0.6 is 11.6 Å². The number of hydrogen-bond acceptors (Lipinski definition) is 3. The molecule has 0 unspecified atom stereocenters. The summed E-state index contributed by atoms with van der Waals surface area (Å²) in [5.74, 6) is 0.536. The molecule has 1 aliphatic heterocycles. The molecular weight excluding hydrogens is 348 g/mol. The van der Waals surface area contributed by atoms with Crippen molar-refractivity contribution < 1.29 is 4.79 Å². The van der Waals surface area contributed by atoms with Crippen LogP contribution in [0.25, 0.3) is 0 Å². The van der Waals surface area contributed by atoms with E-state index in [1.54, 1.807) is 11.8 Å². The molecule has 0 aliphatic carbocycles. The van der Waals surface area contributed by atoms with E-state index in [1.807, 2.05) is 28.9 Å². The summed E-state index contributed by atoms with van der Waals surface area (Å²) in [6.07, 6.45) is 2.23. The van der Waals surface area contributed by atoms with E-state index in [9.17, 15) is 4.79 Å². The minimum atomic E-state index is -0.0921. The molecule has 0 bridgehead atoms. The highest BCUT2D eigenvalue weighted by Crippen LogP contribution is 2.41. The van der Waals surface area contributed by atoms with Crippen LogP contribution in [-0.4, -0.2) is 20.7 Å². The van der Waals surface area contributed by atoms with Gasteiger partial charge in [-0.1, -0.05) is 53.6 Å². The second kappa shape index (κ2) is 6.57. The number of aryl methyl sites for hydroxylation is 1. The fraction of sp³-hybridized carbons (Fsp3) is 0.250. The number of amides is 1. The predicted octanol–water partition coefficient (Wildman–Crippen LogP) is 4.33. The molecule has 0 saturated heterocycles. The van der Waals surface area contributed by atoms with Crippen molar-refractivity contribution in [3.8, 4) is 0 Å². The van der Waals surface area contributed by atoms with Crippen molar-refractivity contribution in [2.75, 3.05) is 4.90 Å². The van der Waals surface area contributed by atoms with Crippen molar-refractivity contribution in [2.45, 2.75) is 32.4 Å². The second-order valence-electron chi connectivity index (χ2n) is 6.62. The zero-order chi connectivity index (χ0) is 18.3. The third-order valence-electron chi connectivity index (χ3n) is 4.88. The summed E-state index contributed by atoms with van der Waals surface area (Å²) >= 11 is 6.05. The maximum Gasteiger partial charge on any atom is 0.231 e. The van der Waals surface area contributed by atoms with E-state index in [-0.39, 0.29) is 18.0 Å². The van der Waals surface area contributed by atoms with E-state index in [0.29, 0.717) is 11.0 Å². The lowest BCUT2D eigenvalue weighted by Crippen LogP contribution is -2.41. The van der Waals surface area contributed by atoms with Gasteiger partial charge in [0.25, 0.3) is 0 Å². The van der Waals surface area contributed by atoms with Gasteiger partial charge in [-0.05, 0) is 36.6 Å². The Hall–Kier alpha value is -2.66. The standard InChI is InChI=1S/C20H19ClN4O/c1-13-3-5-15(6-4-13)18-11-19(16-7-9-17(21)10-8-16)25-20(22-12-23-25)24(18)14(2)26/h3-10,12,18-19H,11H2,1-2H3/t18-,19-/m1/s1. The number of carbonyl (C=O) groups excluding carboxylic acids is 1. The first kappa shape index (κ1) is 16.8. The lowest BCUT2D eigenvalue weighted by molar-refractivity contribution is -0.117. The zero-order valence-electron chi connectivity index (χ0n) is 14.6. The molecule has 0 N–H and O–H groups in total. The van der Waals surface area contributed by atoms with Crippen LogP contribution in [0.3, 0.4) is 0 Å². The van der Waals surface area contributed by atoms with Gasteiger partial charge in [-0.3, -0.25) is 9.69 Å². The predicted molar refractivity (Wildman–Crippen MR) is 101 cm³/mol. The summed E-state index contributed by atoms with van der Waals surface area (Å²) in [4.78, 5) is 18.5. The third-order valence-corrected chi connectivity index (χ3v) is 5.13. The Morgan fingerprint density at radius 1 is 1.04 bits per heavy atom. The van der Waals surface area contributed by atoms with Gasteiger partial charge in [0.1, 0.15) is 6.33 Å². The summed E-state index contributed by atoms with van der Waals surface area (Å²) < 4.78 is 1.83. The fourth-order valence-corrected chi connectivity index (χ4v) is 3.71. The van der Waals surface area contributed by atoms with Gasteiger partial charge < -0.3 is 0 Å². The van der Waals surface area contributed by atoms with Crippen LogP contribution < -0.4 is 4.90 Å². The van der Waals surface area contributed by atoms with Crippen molar-refractivity contribution in [3.63, 3.8) is 0 Å². The summed E-state index contributed by atoms with van der Waals surface area (Å²) in [5, 5.41) is 5.09. The highest BCUT2D eigenvalue weighted by Gasteiger charge is 2.37. The quantitative estimate of drug-likeness (QED) is 0.678. The molecule has 26 heavy (non-hydrogen) atoms. The van der Waals surface area contributed by atoms with Crippen molar-refractivity contribution in [3.05, 3.63) is 76.6 Å². The van der Waals surface area contributed by atoms with Gasteiger partial charge in [0, 0.05) is 11.9 Å². The van der Waals surface area contributed by atoms with Gasteiger partial charge in [0.15, 0.2) is 0 Å². The Kier molecular flexibility index (Phi) is 4.24. The molecule has 3 aromatic rings. The van der Waals surface area contributed by atoms with Crippen molar-refractivity contribution in [1.29, 1.82) is 0 Å². The number of nitrogens with zero attached hydrogens (tertiary/aromatic N) is 4. The third kappa shape index (κ3) is 2.88. The minimum Gasteiger partial charge on any atom is -0.275 e. The monoisotopic (exact) mass is 366 g/mol. The largest absolute Gasteiger partial charge is 0.275 e. The molecule has 4 rings (SSSR count). The van der Waals surface area contributed by atoms with Crippen molar-refractivity contribution in [2.24, 2.45) is 0 Å². The van der Waals surface area contributed by atoms with Crippen LogP contribution in [0.1, 0.15) is 42.1 Å². The van der Waals surface area contributed by atoms with Crippen LogP contribution in [0, 0.1) is 6.92 Å². The Morgan fingerprint density at radius 2 is 1.65 bits per heavy atom. The number of benzene rings is 2. The maximum atomic E-state index is 12.4. The Morgan fingerprint density at radius 3 is 2.31 bits per heavy atom. The Balaban J connectivity index is 1.82. The first-order valence-corrected chi connectivity index (χ1v) is 8.93. The Labute approximate surface area is 157 Å². The molecule has 132 valence electrons. The molecular formula is C20H19ClN4O. The average Bonchev–Trinajstić information content (AvgIpc) is 3.11. The first-order chi connectivity index (χ1) is 12.5. The molecule has 0 spiro atoms. The normalized spacial score (nSPS) is 19.3. The van der Waals surface area contributed by atoms with Crippen LogP contribution in [0.15, 0.2) is 54.9 Å². The molecule has 0 radical (unpaired) electrons. The van der Waals surface area contributed by atoms with Gasteiger partial charge in [-0.25, -0.2) is 4.68 Å². The number of fused-ring (bicyclic) bond motifs is 1. The van der Waals surface area contributed by atoms with Crippen LogP contribution in [0.5, 0.6) is 0 Å². The van der Waals surface area contributed by atoms with E-state index < -0.39 is 0 Å². The molecule has 1 amide bonds. The fourth-order valence-electron chi connectivity index (χ4n) is 3.59. The van der Waals surface area contributed by atoms with Gasteiger partial charge in [-0.2, -0.15) is 10.1 Å². The molecule has 2 heterocycles. The van der Waals surface area contributed by atoms with E-state index in [0.717, 1.165) is 17.5 Å². The first-order valence-electron chi connectivity index (χ1n) is 8.56. The van der Waals surface area contributed by atoms with Crippen LogP contribution in [-0.2, 0) is 4.79 Å². The number of carbonyl (C=O) groups is 1. The van der Waals surface area contributed by atoms with Crippen molar-refractivity contribution in [1.82, 2.24) is 14.8 Å².